The number of aromatic nitrogens is 1. The molecule has 0 saturated carbocycles. The molecule has 0 aliphatic carbocycles. The summed E-state index contributed by atoms with van der Waals surface area (Å²) in [6.45, 7) is 4.48. The lowest BCUT2D eigenvalue weighted by Crippen LogP contribution is -2.38. The molecule has 2 rings (SSSR count). The van der Waals surface area contributed by atoms with Gasteiger partial charge in [-0.3, -0.25) is 9.59 Å². The molecular weight excluding hydrogens is 234 g/mol. The minimum atomic E-state index is -0.270. The van der Waals surface area contributed by atoms with E-state index < -0.39 is 0 Å². The van der Waals surface area contributed by atoms with Gasteiger partial charge < -0.3 is 15.2 Å². The average molecular weight is 251 g/mol. The highest BCUT2D eigenvalue weighted by atomic mass is 16.5. The first kappa shape index (κ1) is 12.6. The van der Waals surface area contributed by atoms with Crippen molar-refractivity contribution in [2.24, 2.45) is 5.92 Å². The van der Waals surface area contributed by atoms with Crippen LogP contribution in [0.2, 0.25) is 0 Å². The van der Waals surface area contributed by atoms with E-state index in [2.05, 4.69) is 15.8 Å². The molecule has 2 amide bonds. The number of piperidine rings is 1. The van der Waals surface area contributed by atoms with Crippen LogP contribution in [-0.2, 0) is 9.59 Å². The van der Waals surface area contributed by atoms with E-state index in [4.69, 9.17) is 4.52 Å². The number of carbonyl (C=O) groups excluding carboxylic acids is 2. The second kappa shape index (κ2) is 5.20. The summed E-state index contributed by atoms with van der Waals surface area (Å²) in [7, 11) is 0. The number of rotatable bonds is 3. The minimum Gasteiger partial charge on any atom is -0.359 e. The predicted octanol–water partition coefficient (Wildman–Crippen LogP) is 1.26. The monoisotopic (exact) mass is 251 g/mol. The number of amides is 2. The Morgan fingerprint density at radius 3 is 3.06 bits per heavy atom. The summed E-state index contributed by atoms with van der Waals surface area (Å²) < 4.78 is 5.09. The Balaban J connectivity index is 2.02. The molecule has 6 nitrogen and oxygen atoms in total. The highest BCUT2D eigenvalue weighted by Gasteiger charge is 2.26. The minimum absolute atomic E-state index is 0.0733. The van der Waals surface area contributed by atoms with Crippen LogP contribution in [0.4, 0.5) is 5.69 Å². The Kier molecular flexibility index (Phi) is 3.64. The maximum Gasteiger partial charge on any atom is 0.228 e. The van der Waals surface area contributed by atoms with Crippen molar-refractivity contribution >= 4 is 17.5 Å². The summed E-state index contributed by atoms with van der Waals surface area (Å²) >= 11 is 0. The van der Waals surface area contributed by atoms with Gasteiger partial charge in [-0.05, 0) is 6.42 Å². The second-order valence-corrected chi connectivity index (χ2v) is 4.79. The largest absolute Gasteiger partial charge is 0.359 e. The lowest BCUT2D eigenvalue weighted by Gasteiger charge is -2.21. The SMILES string of the molecule is CC(C)c1oncc1NC(=O)C1CCNC(=O)C1. The molecule has 2 N–H and O–H groups in total. The molecule has 1 unspecified atom stereocenters. The summed E-state index contributed by atoms with van der Waals surface area (Å²) in [5.41, 5.74) is 0.598. The zero-order valence-corrected chi connectivity index (χ0v) is 10.5. The molecule has 1 aliphatic rings. The second-order valence-electron chi connectivity index (χ2n) is 4.79. The third-order valence-corrected chi connectivity index (χ3v) is 3.00. The smallest absolute Gasteiger partial charge is 0.228 e. The number of nitrogens with zero attached hydrogens (tertiary/aromatic N) is 1. The zero-order chi connectivity index (χ0) is 13.1. The van der Waals surface area contributed by atoms with Crippen LogP contribution in [0.1, 0.15) is 38.4 Å². The predicted molar refractivity (Wildman–Crippen MR) is 65.0 cm³/mol. The van der Waals surface area contributed by atoms with Gasteiger partial charge in [0.2, 0.25) is 11.8 Å². The Labute approximate surface area is 105 Å². The first-order chi connectivity index (χ1) is 8.58. The maximum absolute atomic E-state index is 12.0. The van der Waals surface area contributed by atoms with Gasteiger partial charge in [-0.25, -0.2) is 0 Å². The molecule has 1 aromatic heterocycles. The summed E-state index contributed by atoms with van der Waals surface area (Å²) in [4.78, 5) is 23.3. The fourth-order valence-electron chi connectivity index (χ4n) is 2.00. The van der Waals surface area contributed by atoms with Gasteiger partial charge in [0, 0.05) is 24.8 Å². The molecule has 98 valence electrons. The van der Waals surface area contributed by atoms with Crippen molar-refractivity contribution in [3.63, 3.8) is 0 Å². The molecule has 6 heteroatoms. The van der Waals surface area contributed by atoms with Crippen molar-refractivity contribution in [2.45, 2.75) is 32.6 Å². The lowest BCUT2D eigenvalue weighted by molar-refractivity contribution is -0.129. The number of hydrogen-bond acceptors (Lipinski definition) is 4. The molecule has 1 fully saturated rings. The molecular formula is C12H17N3O3. The van der Waals surface area contributed by atoms with E-state index in [0.717, 1.165) is 0 Å². The molecule has 0 bridgehead atoms. The molecule has 1 atom stereocenters. The summed E-state index contributed by atoms with van der Waals surface area (Å²) in [6.07, 6.45) is 2.41. The zero-order valence-electron chi connectivity index (χ0n) is 10.5. The number of anilines is 1. The number of carbonyl (C=O) groups is 2. The van der Waals surface area contributed by atoms with Crippen molar-refractivity contribution < 1.29 is 14.1 Å². The molecule has 0 spiro atoms. The third kappa shape index (κ3) is 2.69. The van der Waals surface area contributed by atoms with Gasteiger partial charge in [0.15, 0.2) is 5.76 Å². The van der Waals surface area contributed by atoms with Crippen molar-refractivity contribution in [1.82, 2.24) is 10.5 Å². The van der Waals surface area contributed by atoms with Crippen LogP contribution in [0.5, 0.6) is 0 Å². The van der Waals surface area contributed by atoms with Crippen molar-refractivity contribution in [3.05, 3.63) is 12.0 Å². The van der Waals surface area contributed by atoms with Crippen LogP contribution in [-0.4, -0.2) is 23.5 Å². The molecule has 18 heavy (non-hydrogen) atoms. The van der Waals surface area contributed by atoms with Crippen molar-refractivity contribution in [2.75, 3.05) is 11.9 Å². The Morgan fingerprint density at radius 1 is 1.61 bits per heavy atom. The van der Waals surface area contributed by atoms with Gasteiger partial charge in [-0.1, -0.05) is 19.0 Å². The highest BCUT2D eigenvalue weighted by Crippen LogP contribution is 2.25. The van der Waals surface area contributed by atoms with Crippen LogP contribution in [0.3, 0.4) is 0 Å². The van der Waals surface area contributed by atoms with Crippen molar-refractivity contribution in [1.29, 1.82) is 0 Å². The Morgan fingerprint density at radius 2 is 2.39 bits per heavy atom. The van der Waals surface area contributed by atoms with Gasteiger partial charge in [-0.15, -0.1) is 0 Å². The van der Waals surface area contributed by atoms with E-state index in [9.17, 15) is 9.59 Å². The van der Waals surface area contributed by atoms with Gasteiger partial charge in [-0.2, -0.15) is 0 Å². The standard InChI is InChI=1S/C12H17N3O3/c1-7(2)11-9(6-14-18-11)15-12(17)8-3-4-13-10(16)5-8/h6-8H,3-5H2,1-2H3,(H,13,16)(H,15,17). The first-order valence-corrected chi connectivity index (χ1v) is 6.10. The maximum atomic E-state index is 12.0. The fraction of sp³-hybridized carbons (Fsp3) is 0.583. The fourth-order valence-corrected chi connectivity index (χ4v) is 2.00. The van der Waals surface area contributed by atoms with Gasteiger partial charge >= 0.3 is 0 Å². The lowest BCUT2D eigenvalue weighted by atomic mass is 9.96. The topological polar surface area (TPSA) is 84.2 Å². The molecule has 1 aromatic rings. The van der Waals surface area contributed by atoms with Crippen LogP contribution in [0.15, 0.2) is 10.7 Å². The number of hydrogen-bond donors (Lipinski definition) is 2. The highest BCUT2D eigenvalue weighted by molar-refractivity contribution is 5.96. The van der Waals surface area contributed by atoms with Crippen LogP contribution >= 0.6 is 0 Å². The van der Waals surface area contributed by atoms with Crippen LogP contribution in [0, 0.1) is 5.92 Å². The quantitative estimate of drug-likeness (QED) is 0.847. The van der Waals surface area contributed by atoms with E-state index in [1.54, 1.807) is 0 Å². The van der Waals surface area contributed by atoms with Crippen LogP contribution < -0.4 is 10.6 Å². The first-order valence-electron chi connectivity index (χ1n) is 6.10. The molecule has 1 aliphatic heterocycles. The van der Waals surface area contributed by atoms with Crippen molar-refractivity contribution in [3.8, 4) is 0 Å². The summed E-state index contributed by atoms with van der Waals surface area (Å²) in [5.74, 6) is 0.320. The normalized spacial score (nSPS) is 19.7. The molecule has 1 saturated heterocycles. The molecule has 2 heterocycles. The van der Waals surface area contributed by atoms with Gasteiger partial charge in [0.25, 0.3) is 0 Å². The Bertz CT molecular complexity index is 453. The third-order valence-electron chi connectivity index (χ3n) is 3.00. The van der Waals surface area contributed by atoms with Crippen LogP contribution in [0.25, 0.3) is 0 Å². The van der Waals surface area contributed by atoms with E-state index >= 15 is 0 Å². The van der Waals surface area contributed by atoms with Gasteiger partial charge in [0.1, 0.15) is 5.69 Å². The van der Waals surface area contributed by atoms with Gasteiger partial charge in [0.05, 0.1) is 6.20 Å². The average Bonchev–Trinajstić information content (AvgIpc) is 2.77. The van der Waals surface area contributed by atoms with E-state index in [-0.39, 0.29) is 30.1 Å². The molecule has 0 radical (unpaired) electrons. The van der Waals surface area contributed by atoms with E-state index in [1.165, 1.54) is 6.20 Å². The molecule has 0 aromatic carbocycles. The number of nitrogens with one attached hydrogen (secondary N) is 2. The van der Waals surface area contributed by atoms with E-state index in [1.807, 2.05) is 13.8 Å². The summed E-state index contributed by atoms with van der Waals surface area (Å²) in [6, 6.07) is 0. The Hall–Kier alpha value is -1.85. The van der Waals surface area contributed by atoms with E-state index in [0.29, 0.717) is 24.4 Å². The summed E-state index contributed by atoms with van der Waals surface area (Å²) in [5, 5.41) is 9.18.